The molecule has 0 radical (unpaired) electrons. The number of amides is 1. The van der Waals surface area contributed by atoms with Crippen LogP contribution in [-0.4, -0.2) is 57.7 Å². The van der Waals surface area contributed by atoms with Gasteiger partial charge in [0.1, 0.15) is 17.7 Å². The molecule has 134 valence electrons. The van der Waals surface area contributed by atoms with Crippen molar-refractivity contribution in [1.82, 2.24) is 45.3 Å². The third-order valence-corrected chi connectivity index (χ3v) is 4.59. The summed E-state index contributed by atoms with van der Waals surface area (Å²) >= 11 is 0. The number of hydrogen-bond donors (Lipinski definition) is 2. The average Bonchev–Trinajstić information content (AvgIpc) is 3.47. The third kappa shape index (κ3) is 2.67. The monoisotopic (exact) mass is 361 g/mol. The van der Waals surface area contributed by atoms with Gasteiger partial charge in [0.25, 0.3) is 5.91 Å². The van der Waals surface area contributed by atoms with Gasteiger partial charge in [-0.05, 0) is 10.4 Å². The Balaban J connectivity index is 1.41. The predicted molar refractivity (Wildman–Crippen MR) is 93.8 cm³/mol. The zero-order chi connectivity index (χ0) is 18.2. The van der Waals surface area contributed by atoms with Crippen LogP contribution in [0.2, 0.25) is 0 Å². The van der Waals surface area contributed by atoms with Crippen LogP contribution in [0.3, 0.4) is 0 Å². The Bertz CT molecular complexity index is 1080. The van der Waals surface area contributed by atoms with Gasteiger partial charge < -0.3 is 9.88 Å². The molecule has 27 heavy (non-hydrogen) atoms. The quantitative estimate of drug-likeness (QED) is 0.561. The van der Waals surface area contributed by atoms with E-state index in [4.69, 9.17) is 4.98 Å². The van der Waals surface area contributed by atoms with Gasteiger partial charge >= 0.3 is 0 Å². The molecular weight excluding hydrogens is 346 g/mol. The minimum absolute atomic E-state index is 0.129. The number of nitrogens with zero attached hydrogens (tertiary/aromatic N) is 7. The predicted octanol–water partition coefficient (Wildman–Crippen LogP) is 0.974. The van der Waals surface area contributed by atoms with E-state index in [-0.39, 0.29) is 5.91 Å². The van der Waals surface area contributed by atoms with Crippen LogP contribution < -0.4 is 0 Å². The molecular formula is C17H15N9O. The van der Waals surface area contributed by atoms with Gasteiger partial charge in [-0.2, -0.15) is 9.78 Å². The smallest absolute Gasteiger partial charge is 0.259 e. The van der Waals surface area contributed by atoms with Crippen molar-refractivity contribution in [2.75, 3.05) is 6.54 Å². The minimum Gasteiger partial charge on any atom is -0.340 e. The van der Waals surface area contributed by atoms with E-state index in [9.17, 15) is 4.79 Å². The van der Waals surface area contributed by atoms with E-state index >= 15 is 0 Å². The third-order valence-electron chi connectivity index (χ3n) is 4.59. The van der Waals surface area contributed by atoms with Gasteiger partial charge in [0.15, 0.2) is 5.82 Å². The molecule has 1 aromatic carbocycles. The van der Waals surface area contributed by atoms with Gasteiger partial charge in [0, 0.05) is 18.5 Å². The first-order valence-corrected chi connectivity index (χ1v) is 8.49. The highest BCUT2D eigenvalue weighted by molar-refractivity contribution is 5.97. The molecule has 10 nitrogen and oxygen atoms in total. The molecule has 5 rings (SSSR count). The van der Waals surface area contributed by atoms with Crippen molar-refractivity contribution in [3.63, 3.8) is 0 Å². The summed E-state index contributed by atoms with van der Waals surface area (Å²) in [5.41, 5.74) is 3.42. The Labute approximate surface area is 153 Å². The van der Waals surface area contributed by atoms with Crippen LogP contribution in [0.25, 0.3) is 17.2 Å². The summed E-state index contributed by atoms with van der Waals surface area (Å²) in [5, 5.41) is 17.8. The number of carbonyl (C=O) groups excluding carboxylic acids is 1. The van der Waals surface area contributed by atoms with Crippen molar-refractivity contribution in [3.8, 4) is 17.2 Å². The zero-order valence-corrected chi connectivity index (χ0v) is 14.2. The van der Waals surface area contributed by atoms with E-state index < -0.39 is 0 Å². The summed E-state index contributed by atoms with van der Waals surface area (Å²) in [5.74, 6) is 1.15. The second-order valence-corrected chi connectivity index (χ2v) is 6.24. The number of tetrazole rings is 1. The Kier molecular flexibility index (Phi) is 3.52. The molecule has 2 N–H and O–H groups in total. The first-order valence-electron chi connectivity index (χ1n) is 8.49. The SMILES string of the molecule is O=C(c1cn[nH]c1-n1cnnn1)N1CCc2nc(-c3ccccc3)[nH]c2C1. The molecule has 0 atom stereocenters. The molecule has 1 aliphatic heterocycles. The number of imidazole rings is 1. The van der Waals surface area contributed by atoms with Crippen molar-refractivity contribution in [1.29, 1.82) is 0 Å². The first-order chi connectivity index (χ1) is 13.3. The minimum atomic E-state index is -0.129. The van der Waals surface area contributed by atoms with Crippen LogP contribution in [0.4, 0.5) is 0 Å². The summed E-state index contributed by atoms with van der Waals surface area (Å²) < 4.78 is 1.39. The molecule has 0 fully saturated rings. The molecule has 0 bridgehead atoms. The van der Waals surface area contributed by atoms with Crippen LogP contribution in [-0.2, 0) is 13.0 Å². The highest BCUT2D eigenvalue weighted by atomic mass is 16.2. The normalized spacial score (nSPS) is 13.6. The number of carbonyl (C=O) groups is 1. The highest BCUT2D eigenvalue weighted by Crippen LogP contribution is 2.24. The number of fused-ring (bicyclic) bond motifs is 1. The van der Waals surface area contributed by atoms with E-state index in [0.717, 1.165) is 22.8 Å². The number of nitrogens with one attached hydrogen (secondary N) is 2. The summed E-state index contributed by atoms with van der Waals surface area (Å²) in [6.45, 7) is 1.05. The maximum Gasteiger partial charge on any atom is 0.259 e. The molecule has 0 spiro atoms. The maximum atomic E-state index is 13.0. The number of hydrogen-bond acceptors (Lipinski definition) is 6. The molecule has 0 unspecified atom stereocenters. The van der Waals surface area contributed by atoms with E-state index in [1.807, 2.05) is 30.3 Å². The molecule has 1 amide bonds. The zero-order valence-electron chi connectivity index (χ0n) is 14.2. The lowest BCUT2D eigenvalue weighted by Gasteiger charge is -2.26. The van der Waals surface area contributed by atoms with Crippen LogP contribution in [0.15, 0.2) is 42.9 Å². The molecule has 0 saturated carbocycles. The summed E-state index contributed by atoms with van der Waals surface area (Å²) in [6, 6.07) is 9.95. The van der Waals surface area contributed by atoms with Crippen LogP contribution in [0.5, 0.6) is 0 Å². The van der Waals surface area contributed by atoms with E-state index in [0.29, 0.717) is 30.9 Å². The molecule has 1 aliphatic rings. The highest BCUT2D eigenvalue weighted by Gasteiger charge is 2.27. The molecule has 0 aliphatic carbocycles. The Morgan fingerprint density at radius 2 is 2.07 bits per heavy atom. The van der Waals surface area contributed by atoms with Gasteiger partial charge in [-0.15, -0.1) is 5.10 Å². The standard InChI is InChI=1S/C17H15N9O/c27-17(12-8-18-22-16(12)26-10-19-23-24-26)25-7-6-13-14(9-25)21-15(20-13)11-4-2-1-3-5-11/h1-5,8,10H,6-7,9H2,(H,18,22)(H,20,21). The summed E-state index contributed by atoms with van der Waals surface area (Å²) in [6.07, 6.45) is 3.61. The lowest BCUT2D eigenvalue weighted by atomic mass is 10.1. The van der Waals surface area contributed by atoms with E-state index in [1.54, 1.807) is 4.90 Å². The second kappa shape index (κ2) is 6.16. The Morgan fingerprint density at radius 3 is 2.89 bits per heavy atom. The van der Waals surface area contributed by atoms with Gasteiger partial charge in [-0.1, -0.05) is 30.3 Å². The maximum absolute atomic E-state index is 13.0. The summed E-state index contributed by atoms with van der Waals surface area (Å²) in [4.78, 5) is 22.8. The van der Waals surface area contributed by atoms with Gasteiger partial charge in [-0.25, -0.2) is 4.98 Å². The fraction of sp³-hybridized carbons (Fsp3) is 0.176. The number of H-pyrrole nitrogens is 2. The second-order valence-electron chi connectivity index (χ2n) is 6.24. The lowest BCUT2D eigenvalue weighted by Crippen LogP contribution is -2.36. The van der Waals surface area contributed by atoms with Gasteiger partial charge in [-0.3, -0.25) is 9.89 Å². The molecule has 3 aromatic heterocycles. The van der Waals surface area contributed by atoms with Gasteiger partial charge in [0.05, 0.1) is 24.1 Å². The number of benzene rings is 1. The largest absolute Gasteiger partial charge is 0.340 e. The van der Waals surface area contributed by atoms with Crippen molar-refractivity contribution in [3.05, 3.63) is 59.8 Å². The Hall–Kier alpha value is -3.82. The molecule has 4 aromatic rings. The molecule has 0 saturated heterocycles. The fourth-order valence-electron chi connectivity index (χ4n) is 3.24. The van der Waals surface area contributed by atoms with Crippen molar-refractivity contribution < 1.29 is 4.79 Å². The van der Waals surface area contributed by atoms with Crippen LogP contribution >= 0.6 is 0 Å². The first kappa shape index (κ1) is 15.4. The van der Waals surface area contributed by atoms with Crippen LogP contribution in [0.1, 0.15) is 21.7 Å². The van der Waals surface area contributed by atoms with E-state index in [2.05, 4.69) is 30.7 Å². The van der Waals surface area contributed by atoms with Crippen molar-refractivity contribution in [2.24, 2.45) is 0 Å². The van der Waals surface area contributed by atoms with Gasteiger partial charge in [0.2, 0.25) is 0 Å². The number of aromatic nitrogens is 8. The topological polar surface area (TPSA) is 121 Å². The van der Waals surface area contributed by atoms with Crippen molar-refractivity contribution in [2.45, 2.75) is 13.0 Å². The molecule has 10 heteroatoms. The fourth-order valence-corrected chi connectivity index (χ4v) is 3.24. The number of aromatic amines is 2. The Morgan fingerprint density at radius 1 is 1.19 bits per heavy atom. The van der Waals surface area contributed by atoms with E-state index in [1.165, 1.54) is 17.2 Å². The van der Waals surface area contributed by atoms with Crippen molar-refractivity contribution >= 4 is 5.91 Å². The molecule has 4 heterocycles. The lowest BCUT2D eigenvalue weighted by molar-refractivity contribution is 0.0732. The number of rotatable bonds is 3. The van der Waals surface area contributed by atoms with Crippen LogP contribution in [0, 0.1) is 0 Å². The average molecular weight is 361 g/mol. The summed E-state index contributed by atoms with van der Waals surface area (Å²) in [7, 11) is 0.